The number of allylic oxidation sites excluding steroid dienone is 1. The van der Waals surface area contributed by atoms with E-state index < -0.39 is 0 Å². The van der Waals surface area contributed by atoms with E-state index in [0.29, 0.717) is 17.0 Å². The molecule has 0 fully saturated rings. The van der Waals surface area contributed by atoms with Crippen LogP contribution in [-0.2, 0) is 6.54 Å². The Morgan fingerprint density at radius 1 is 1.33 bits per heavy atom. The summed E-state index contributed by atoms with van der Waals surface area (Å²) in [6.07, 6.45) is 3.47. The molecule has 0 aliphatic carbocycles. The van der Waals surface area contributed by atoms with Crippen molar-refractivity contribution in [1.29, 1.82) is 0 Å². The Balaban J connectivity index is 2.03. The van der Waals surface area contributed by atoms with Gasteiger partial charge in [-0.2, -0.15) is 5.10 Å². The number of imidazole rings is 1. The predicted molar refractivity (Wildman–Crippen MR) is 86.4 cm³/mol. The van der Waals surface area contributed by atoms with Gasteiger partial charge in [-0.25, -0.2) is 0 Å². The van der Waals surface area contributed by atoms with Crippen LogP contribution in [0.1, 0.15) is 18.2 Å². The second kappa shape index (κ2) is 5.49. The molecule has 1 aliphatic heterocycles. The van der Waals surface area contributed by atoms with Crippen molar-refractivity contribution in [1.82, 2.24) is 9.55 Å². The molecule has 0 atom stereocenters. The first-order valence-corrected chi connectivity index (χ1v) is 7.02. The minimum atomic E-state index is 0.128. The normalized spacial score (nSPS) is 15.7. The third-order valence-electron chi connectivity index (χ3n) is 3.27. The van der Waals surface area contributed by atoms with E-state index in [1.165, 1.54) is 0 Å². The number of aromatic nitrogens is 2. The van der Waals surface area contributed by atoms with E-state index in [0.717, 1.165) is 16.8 Å². The van der Waals surface area contributed by atoms with Crippen LogP contribution >= 0.6 is 12.2 Å². The van der Waals surface area contributed by atoms with Crippen LogP contribution in [0.25, 0.3) is 6.08 Å². The maximum atomic E-state index is 10.2. The number of H-pyrrole nitrogens is 1. The van der Waals surface area contributed by atoms with Crippen molar-refractivity contribution in [3.8, 4) is 5.88 Å². The van der Waals surface area contributed by atoms with E-state index in [-0.39, 0.29) is 5.88 Å². The molecule has 2 N–H and O–H groups in total. The summed E-state index contributed by atoms with van der Waals surface area (Å²) >= 11 is 5.18. The molecule has 21 heavy (non-hydrogen) atoms. The molecule has 2 aromatic rings. The fourth-order valence-electron chi connectivity index (χ4n) is 2.22. The summed E-state index contributed by atoms with van der Waals surface area (Å²) in [6.45, 7) is 2.53. The smallest absolute Gasteiger partial charge is 0.217 e. The van der Waals surface area contributed by atoms with E-state index in [1.807, 2.05) is 37.3 Å². The van der Waals surface area contributed by atoms with Crippen LogP contribution in [0, 0.1) is 4.77 Å². The van der Waals surface area contributed by atoms with Crippen LogP contribution in [0.3, 0.4) is 0 Å². The number of benzene rings is 1. The van der Waals surface area contributed by atoms with Gasteiger partial charge in [0.05, 0.1) is 6.21 Å². The van der Waals surface area contributed by atoms with Crippen LogP contribution in [0.4, 0.5) is 0 Å². The summed E-state index contributed by atoms with van der Waals surface area (Å²) in [6, 6.07) is 9.80. The third-order valence-corrected chi connectivity index (χ3v) is 3.60. The molecule has 1 aromatic carbocycles. The maximum absolute atomic E-state index is 10.2. The molecule has 1 aliphatic rings. The number of hydrogen-bond donors (Lipinski definition) is 2. The monoisotopic (exact) mass is 298 g/mol. The van der Waals surface area contributed by atoms with Gasteiger partial charge in [0, 0.05) is 17.7 Å². The summed E-state index contributed by atoms with van der Waals surface area (Å²) < 4.78 is 2.13. The number of nitrogens with zero attached hydrogens (tertiary/aromatic N) is 3. The fraction of sp³-hybridized carbons (Fsp3) is 0.133. The van der Waals surface area contributed by atoms with Gasteiger partial charge < -0.3 is 10.1 Å². The highest BCUT2D eigenvalue weighted by atomic mass is 32.1. The van der Waals surface area contributed by atoms with Crippen molar-refractivity contribution < 1.29 is 5.11 Å². The average molecular weight is 298 g/mol. The van der Waals surface area contributed by atoms with E-state index in [4.69, 9.17) is 12.2 Å². The highest BCUT2D eigenvalue weighted by Crippen LogP contribution is 2.22. The van der Waals surface area contributed by atoms with Crippen LogP contribution in [-0.4, -0.2) is 26.6 Å². The molecule has 0 unspecified atom stereocenters. The van der Waals surface area contributed by atoms with Gasteiger partial charge in [-0.3, -0.25) is 4.57 Å². The molecule has 0 amide bonds. The molecular formula is C15H14N4OS. The molecule has 0 bridgehead atoms. The summed E-state index contributed by atoms with van der Waals surface area (Å²) in [4.78, 5) is 3.00. The lowest BCUT2D eigenvalue weighted by molar-refractivity contribution is 0.419. The molecule has 0 radical (unpaired) electrons. The summed E-state index contributed by atoms with van der Waals surface area (Å²) in [5.41, 5.74) is 3.15. The van der Waals surface area contributed by atoms with Crippen LogP contribution in [0.15, 0.2) is 46.1 Å². The number of aromatic amines is 1. The number of hydrogen-bond acceptors (Lipinski definition) is 4. The van der Waals surface area contributed by atoms with E-state index in [1.54, 1.807) is 16.9 Å². The standard InChI is InChI=1S/C15H14N4OS/c1-2-19-14(20)12(17-15(19)21)8-11-9-16-18-13(11)10-6-4-3-5-7-10/h3-9,20H,2H2,1H3,(H,17,21). The molecule has 106 valence electrons. The molecule has 0 saturated carbocycles. The van der Waals surface area contributed by atoms with Gasteiger partial charge in [-0.15, -0.1) is 5.10 Å². The average Bonchev–Trinajstić information content (AvgIpc) is 3.06. The minimum Gasteiger partial charge on any atom is -0.493 e. The second-order valence-electron chi connectivity index (χ2n) is 4.57. The summed E-state index contributed by atoms with van der Waals surface area (Å²) in [7, 11) is 0. The zero-order valence-electron chi connectivity index (χ0n) is 11.4. The molecule has 5 nitrogen and oxygen atoms in total. The molecule has 1 aromatic heterocycles. The largest absolute Gasteiger partial charge is 0.493 e. The van der Waals surface area contributed by atoms with Gasteiger partial charge in [0.1, 0.15) is 11.4 Å². The molecule has 0 saturated heterocycles. The molecule has 3 rings (SSSR count). The fourth-order valence-corrected chi connectivity index (χ4v) is 2.55. The van der Waals surface area contributed by atoms with E-state index in [9.17, 15) is 5.11 Å². The molecular weight excluding hydrogens is 284 g/mol. The van der Waals surface area contributed by atoms with Crippen molar-refractivity contribution in [2.45, 2.75) is 13.5 Å². The molecule has 2 heterocycles. The quantitative estimate of drug-likeness (QED) is 0.855. The van der Waals surface area contributed by atoms with Gasteiger partial charge >= 0.3 is 0 Å². The first kappa shape index (κ1) is 13.5. The lowest BCUT2D eigenvalue weighted by Crippen LogP contribution is -2.02. The van der Waals surface area contributed by atoms with Crippen molar-refractivity contribution in [3.63, 3.8) is 0 Å². The van der Waals surface area contributed by atoms with Crippen molar-refractivity contribution in [2.75, 3.05) is 0 Å². The Bertz CT molecular complexity index is 812. The predicted octanol–water partition coefficient (Wildman–Crippen LogP) is 3.14. The van der Waals surface area contributed by atoms with E-state index >= 15 is 0 Å². The van der Waals surface area contributed by atoms with E-state index in [2.05, 4.69) is 15.2 Å². The molecule has 0 spiro atoms. The van der Waals surface area contributed by atoms with Gasteiger partial charge in [0.15, 0.2) is 4.77 Å². The van der Waals surface area contributed by atoms with Gasteiger partial charge in [0.2, 0.25) is 5.88 Å². The number of rotatable bonds is 3. The van der Waals surface area contributed by atoms with Crippen LogP contribution in [0.5, 0.6) is 5.88 Å². The van der Waals surface area contributed by atoms with Crippen molar-refractivity contribution in [3.05, 3.63) is 51.9 Å². The Labute approximate surface area is 127 Å². The Morgan fingerprint density at radius 2 is 2.10 bits per heavy atom. The van der Waals surface area contributed by atoms with Crippen LogP contribution in [0.2, 0.25) is 0 Å². The van der Waals surface area contributed by atoms with Gasteiger partial charge in [-0.1, -0.05) is 30.3 Å². The first-order valence-electron chi connectivity index (χ1n) is 6.61. The van der Waals surface area contributed by atoms with Crippen LogP contribution < -0.4 is 0 Å². The van der Waals surface area contributed by atoms with Gasteiger partial charge in [0.25, 0.3) is 0 Å². The zero-order valence-corrected chi connectivity index (χ0v) is 12.3. The topological polar surface area (TPSA) is 65.7 Å². The zero-order chi connectivity index (χ0) is 14.8. The SMILES string of the molecule is CCn1c(O)c(C=C2C=NN=C2c2ccccc2)[nH]c1=S. The second-order valence-corrected chi connectivity index (χ2v) is 4.96. The minimum absolute atomic E-state index is 0.128. The number of nitrogens with one attached hydrogen (secondary N) is 1. The first-order chi connectivity index (χ1) is 10.2. The van der Waals surface area contributed by atoms with Gasteiger partial charge in [-0.05, 0) is 25.2 Å². The number of aromatic hydroxyl groups is 1. The van der Waals surface area contributed by atoms with Crippen molar-refractivity contribution >= 4 is 30.2 Å². The Morgan fingerprint density at radius 3 is 2.76 bits per heavy atom. The third kappa shape index (κ3) is 2.45. The highest BCUT2D eigenvalue weighted by molar-refractivity contribution is 7.71. The van der Waals surface area contributed by atoms with Crippen molar-refractivity contribution in [2.24, 2.45) is 10.2 Å². The molecule has 6 heteroatoms. The maximum Gasteiger partial charge on any atom is 0.217 e. The highest BCUT2D eigenvalue weighted by Gasteiger charge is 2.15. The Hall–Kier alpha value is -2.47. The Kier molecular flexibility index (Phi) is 3.53. The lowest BCUT2D eigenvalue weighted by Gasteiger charge is -2.02. The summed E-state index contributed by atoms with van der Waals surface area (Å²) in [5, 5.41) is 18.3. The summed E-state index contributed by atoms with van der Waals surface area (Å²) in [5.74, 6) is 0.128. The lowest BCUT2D eigenvalue weighted by atomic mass is 10.0.